The first kappa shape index (κ1) is 22.3. The standard InChI is InChI=1S/C17H20F6N6O/c18-16(19,20)13-1-5-24-15(26-13)25-11-2-6-28(7-3-11)9-12(30)10-29-8-4-14(27-29)17(21,22)23/h1,4-5,8,11-12,30H,2-3,6-7,9-10H2,(H,24,25,26)/p+1/t12-/m1/s1. The van der Waals surface area contributed by atoms with E-state index in [9.17, 15) is 31.4 Å². The van der Waals surface area contributed by atoms with Crippen LogP contribution in [0.2, 0.25) is 0 Å². The van der Waals surface area contributed by atoms with Crippen LogP contribution in [0.3, 0.4) is 0 Å². The van der Waals surface area contributed by atoms with Gasteiger partial charge in [-0.25, -0.2) is 9.97 Å². The van der Waals surface area contributed by atoms with Crippen molar-refractivity contribution in [3.63, 3.8) is 0 Å². The SMILES string of the molecule is O[C@@H](Cn1ccc(C(F)(F)F)n1)C[NH+]1CCC(Nc2nccc(C(F)(F)F)n2)CC1. The molecule has 1 aliphatic heterocycles. The number of rotatable bonds is 6. The van der Waals surface area contributed by atoms with Crippen molar-refractivity contribution in [2.24, 2.45) is 0 Å². The molecule has 1 atom stereocenters. The fourth-order valence-electron chi connectivity index (χ4n) is 3.37. The van der Waals surface area contributed by atoms with Gasteiger partial charge < -0.3 is 15.3 Å². The Morgan fingerprint density at radius 1 is 1.10 bits per heavy atom. The molecule has 0 radical (unpaired) electrons. The van der Waals surface area contributed by atoms with Crippen LogP contribution in [-0.4, -0.2) is 56.6 Å². The van der Waals surface area contributed by atoms with E-state index in [0.29, 0.717) is 32.5 Å². The molecule has 3 rings (SSSR count). The normalized spacial score (nSPS) is 21.4. The van der Waals surface area contributed by atoms with Gasteiger partial charge in [-0.3, -0.25) is 4.68 Å². The summed E-state index contributed by atoms with van der Waals surface area (Å²) < 4.78 is 77.0. The largest absolute Gasteiger partial charge is 0.435 e. The predicted molar refractivity (Wildman–Crippen MR) is 92.5 cm³/mol. The summed E-state index contributed by atoms with van der Waals surface area (Å²) in [5.74, 6) is -0.0857. The summed E-state index contributed by atoms with van der Waals surface area (Å²) in [4.78, 5) is 8.36. The number of anilines is 1. The summed E-state index contributed by atoms with van der Waals surface area (Å²) in [6, 6.07) is 1.55. The Hall–Kier alpha value is -2.41. The van der Waals surface area contributed by atoms with Crippen LogP contribution in [0.4, 0.5) is 32.3 Å². The van der Waals surface area contributed by atoms with Crippen molar-refractivity contribution in [3.8, 4) is 0 Å². The average Bonchev–Trinajstić information content (AvgIpc) is 3.12. The van der Waals surface area contributed by atoms with Crippen LogP contribution >= 0.6 is 0 Å². The Bertz CT molecular complexity index is 831. The maximum atomic E-state index is 12.7. The van der Waals surface area contributed by atoms with Gasteiger partial charge in [-0.1, -0.05) is 0 Å². The second kappa shape index (κ2) is 8.76. The van der Waals surface area contributed by atoms with E-state index < -0.39 is 29.8 Å². The van der Waals surface area contributed by atoms with Crippen molar-refractivity contribution in [2.45, 2.75) is 43.9 Å². The van der Waals surface area contributed by atoms with Gasteiger partial charge in [0.05, 0.1) is 19.6 Å². The first-order valence-electron chi connectivity index (χ1n) is 9.30. The molecule has 30 heavy (non-hydrogen) atoms. The number of piperidine rings is 1. The molecule has 1 fully saturated rings. The average molecular weight is 439 g/mol. The van der Waals surface area contributed by atoms with E-state index in [1.54, 1.807) is 0 Å². The number of likely N-dealkylation sites (tertiary alicyclic amines) is 1. The number of nitrogens with one attached hydrogen (secondary N) is 2. The highest BCUT2D eigenvalue weighted by Gasteiger charge is 2.34. The molecule has 3 N–H and O–H groups in total. The summed E-state index contributed by atoms with van der Waals surface area (Å²) in [5, 5.41) is 16.5. The van der Waals surface area contributed by atoms with E-state index in [-0.39, 0.29) is 18.5 Å². The highest BCUT2D eigenvalue weighted by atomic mass is 19.4. The van der Waals surface area contributed by atoms with Gasteiger partial charge in [-0.2, -0.15) is 31.4 Å². The second-order valence-electron chi connectivity index (χ2n) is 7.21. The van der Waals surface area contributed by atoms with E-state index >= 15 is 0 Å². The summed E-state index contributed by atoms with van der Waals surface area (Å²) in [6.07, 6.45) is -6.47. The summed E-state index contributed by atoms with van der Waals surface area (Å²) in [7, 11) is 0. The predicted octanol–water partition coefficient (Wildman–Crippen LogP) is 1.23. The lowest BCUT2D eigenvalue weighted by molar-refractivity contribution is -0.908. The van der Waals surface area contributed by atoms with Crippen LogP contribution in [-0.2, 0) is 18.9 Å². The summed E-state index contributed by atoms with van der Waals surface area (Å²) in [6.45, 7) is 1.55. The van der Waals surface area contributed by atoms with E-state index in [2.05, 4.69) is 20.4 Å². The van der Waals surface area contributed by atoms with Crippen molar-refractivity contribution < 1.29 is 36.3 Å². The van der Waals surface area contributed by atoms with Gasteiger partial charge >= 0.3 is 12.4 Å². The Labute approximate surface area is 167 Å². The van der Waals surface area contributed by atoms with E-state index in [1.165, 1.54) is 6.20 Å². The van der Waals surface area contributed by atoms with Gasteiger partial charge in [0.15, 0.2) is 5.69 Å². The number of hydrogen-bond acceptors (Lipinski definition) is 5. The number of halogens is 6. The smallest absolute Gasteiger partial charge is 0.385 e. The van der Waals surface area contributed by atoms with Gasteiger partial charge in [-0.15, -0.1) is 0 Å². The molecule has 166 valence electrons. The molecule has 0 unspecified atom stereocenters. The van der Waals surface area contributed by atoms with E-state index in [4.69, 9.17) is 0 Å². The minimum absolute atomic E-state index is 0.0562. The van der Waals surface area contributed by atoms with Gasteiger partial charge in [-0.05, 0) is 12.1 Å². The Morgan fingerprint density at radius 2 is 1.77 bits per heavy atom. The molecule has 13 heteroatoms. The van der Waals surface area contributed by atoms with Crippen molar-refractivity contribution >= 4 is 5.95 Å². The first-order valence-corrected chi connectivity index (χ1v) is 9.30. The quantitative estimate of drug-likeness (QED) is 0.591. The topological polar surface area (TPSA) is 80.3 Å². The molecule has 0 aliphatic carbocycles. The zero-order chi connectivity index (χ0) is 21.9. The molecule has 0 amide bonds. The maximum Gasteiger partial charge on any atom is 0.435 e. The number of hydrogen-bond donors (Lipinski definition) is 3. The van der Waals surface area contributed by atoms with E-state index in [1.807, 2.05) is 0 Å². The third-order valence-electron chi connectivity index (χ3n) is 4.83. The summed E-state index contributed by atoms with van der Waals surface area (Å²) >= 11 is 0. The molecule has 0 bridgehead atoms. The molecule has 7 nitrogen and oxygen atoms in total. The highest BCUT2D eigenvalue weighted by Crippen LogP contribution is 2.28. The molecule has 2 aromatic heterocycles. The number of aromatic nitrogens is 4. The van der Waals surface area contributed by atoms with Gasteiger partial charge in [0.25, 0.3) is 0 Å². The van der Waals surface area contributed by atoms with Crippen molar-refractivity contribution in [2.75, 3.05) is 25.0 Å². The van der Waals surface area contributed by atoms with Crippen LogP contribution in [0.5, 0.6) is 0 Å². The minimum atomic E-state index is -4.54. The molecule has 0 saturated carbocycles. The molecule has 3 heterocycles. The van der Waals surface area contributed by atoms with Gasteiger partial charge in [0, 0.05) is 31.3 Å². The second-order valence-corrected chi connectivity index (χ2v) is 7.21. The molecule has 0 spiro atoms. The first-order chi connectivity index (χ1) is 14.0. The Morgan fingerprint density at radius 3 is 2.37 bits per heavy atom. The number of nitrogens with zero attached hydrogens (tertiary/aromatic N) is 4. The monoisotopic (exact) mass is 439 g/mol. The third kappa shape index (κ3) is 6.05. The van der Waals surface area contributed by atoms with Crippen LogP contribution in [0.1, 0.15) is 24.2 Å². The van der Waals surface area contributed by atoms with Crippen molar-refractivity contribution in [1.82, 2.24) is 19.7 Å². The van der Waals surface area contributed by atoms with E-state index in [0.717, 1.165) is 27.9 Å². The lowest BCUT2D eigenvalue weighted by Gasteiger charge is -2.31. The molecular weight excluding hydrogens is 418 g/mol. The zero-order valence-corrected chi connectivity index (χ0v) is 15.7. The Kier molecular flexibility index (Phi) is 6.50. The fraction of sp³-hybridized carbons (Fsp3) is 0.588. The Balaban J connectivity index is 1.45. The highest BCUT2D eigenvalue weighted by molar-refractivity contribution is 5.27. The lowest BCUT2D eigenvalue weighted by Crippen LogP contribution is -3.14. The van der Waals surface area contributed by atoms with Crippen LogP contribution in [0.15, 0.2) is 24.5 Å². The lowest BCUT2D eigenvalue weighted by atomic mass is 10.0. The molecule has 0 aromatic carbocycles. The molecule has 1 aliphatic rings. The summed E-state index contributed by atoms with van der Waals surface area (Å²) in [5.41, 5.74) is -2.02. The number of aliphatic hydroxyl groups excluding tert-OH is 1. The minimum Gasteiger partial charge on any atom is -0.385 e. The third-order valence-corrected chi connectivity index (χ3v) is 4.83. The van der Waals surface area contributed by atoms with Gasteiger partial charge in [0.1, 0.15) is 18.3 Å². The molecular formula is C17H21F6N6O+. The number of aliphatic hydroxyl groups is 1. The van der Waals surface area contributed by atoms with Crippen LogP contribution in [0.25, 0.3) is 0 Å². The van der Waals surface area contributed by atoms with Crippen molar-refractivity contribution in [1.29, 1.82) is 0 Å². The molecule has 1 saturated heterocycles. The molecule has 2 aromatic rings. The number of alkyl halides is 6. The zero-order valence-electron chi connectivity index (χ0n) is 15.7. The van der Waals surface area contributed by atoms with Crippen LogP contribution in [0, 0.1) is 0 Å². The maximum absolute atomic E-state index is 12.7. The number of quaternary nitrogens is 1. The van der Waals surface area contributed by atoms with Gasteiger partial charge in [0.2, 0.25) is 5.95 Å². The van der Waals surface area contributed by atoms with Crippen molar-refractivity contribution in [3.05, 3.63) is 35.9 Å². The van der Waals surface area contributed by atoms with Crippen LogP contribution < -0.4 is 10.2 Å². The fourth-order valence-corrected chi connectivity index (χ4v) is 3.37.